The van der Waals surface area contributed by atoms with Crippen LogP contribution in [-0.2, 0) is 9.47 Å². The first-order valence-electron chi connectivity index (χ1n) is 9.51. The van der Waals surface area contributed by atoms with Crippen LogP contribution in [0, 0.1) is 16.7 Å². The highest BCUT2D eigenvalue weighted by Gasteiger charge is 2.70. The fourth-order valence-corrected chi connectivity index (χ4v) is 4.73. The van der Waals surface area contributed by atoms with Crippen LogP contribution in [0.25, 0.3) is 0 Å². The van der Waals surface area contributed by atoms with Crippen molar-refractivity contribution >= 4 is 5.71 Å². The predicted molar refractivity (Wildman–Crippen MR) is 104 cm³/mol. The van der Waals surface area contributed by atoms with E-state index >= 15 is 0 Å². The van der Waals surface area contributed by atoms with E-state index < -0.39 is 11.3 Å². The normalized spacial score (nSPS) is 32.4. The van der Waals surface area contributed by atoms with E-state index in [1.807, 2.05) is 50.2 Å². The Morgan fingerprint density at radius 2 is 1.67 bits per heavy atom. The number of ether oxygens (including phenoxy) is 2. The molecule has 138 valence electrons. The average molecular weight is 360 g/mol. The van der Waals surface area contributed by atoms with Gasteiger partial charge in [-0.1, -0.05) is 60.7 Å². The maximum Gasteiger partial charge on any atom is 0.290 e. The Morgan fingerprint density at radius 3 is 2.22 bits per heavy atom. The Labute approximate surface area is 160 Å². The summed E-state index contributed by atoms with van der Waals surface area (Å²) in [5, 5.41) is 10.6. The molecule has 1 saturated heterocycles. The molecule has 0 saturated carbocycles. The first kappa shape index (κ1) is 17.9. The molecule has 27 heavy (non-hydrogen) atoms. The quantitative estimate of drug-likeness (QED) is 0.797. The van der Waals surface area contributed by atoms with Crippen molar-refractivity contribution in [3.05, 3.63) is 71.8 Å². The first-order valence-corrected chi connectivity index (χ1v) is 9.51. The second kappa shape index (κ2) is 6.92. The topological polar surface area (TPSA) is 54.6 Å². The highest BCUT2D eigenvalue weighted by atomic mass is 16.7. The van der Waals surface area contributed by atoms with Gasteiger partial charge in [0.05, 0.1) is 12.7 Å². The van der Waals surface area contributed by atoms with Gasteiger partial charge in [-0.05, 0) is 31.4 Å². The number of rotatable bonds is 4. The molecule has 4 heteroatoms. The standard InChI is InChI=1S/C23H24N2O2/c1-3-26-23-22(16-24,21(15-27-23)19-12-8-5-9-13-19)20(14-17(2)25-23)18-10-6-4-7-11-18/h4-13,20-21H,3,14-15H2,1-2H3. The monoisotopic (exact) mass is 360 g/mol. The molecule has 2 heterocycles. The Balaban J connectivity index is 1.95. The van der Waals surface area contributed by atoms with Crippen molar-refractivity contribution in [3.8, 4) is 6.07 Å². The molecule has 2 aromatic carbocycles. The van der Waals surface area contributed by atoms with Crippen molar-refractivity contribution < 1.29 is 9.47 Å². The van der Waals surface area contributed by atoms with Gasteiger partial charge in [-0.15, -0.1) is 0 Å². The molecule has 1 fully saturated rings. The molecular weight excluding hydrogens is 336 g/mol. The molecule has 4 unspecified atom stereocenters. The molecule has 4 atom stereocenters. The van der Waals surface area contributed by atoms with Gasteiger partial charge in [-0.2, -0.15) is 5.26 Å². The predicted octanol–water partition coefficient (Wildman–Crippen LogP) is 4.65. The summed E-state index contributed by atoms with van der Waals surface area (Å²) in [7, 11) is 0. The second-order valence-corrected chi connectivity index (χ2v) is 7.28. The van der Waals surface area contributed by atoms with Crippen LogP contribution in [-0.4, -0.2) is 24.8 Å². The fraction of sp³-hybridized carbons (Fsp3) is 0.391. The van der Waals surface area contributed by atoms with Crippen molar-refractivity contribution in [1.29, 1.82) is 5.26 Å². The highest BCUT2D eigenvalue weighted by Crippen LogP contribution is 2.63. The summed E-state index contributed by atoms with van der Waals surface area (Å²) in [6.45, 7) is 4.77. The minimum atomic E-state index is -1.26. The molecular formula is C23H24N2O2. The third-order valence-corrected chi connectivity index (χ3v) is 5.83. The third-order valence-electron chi connectivity index (χ3n) is 5.83. The van der Waals surface area contributed by atoms with Gasteiger partial charge in [0.25, 0.3) is 5.91 Å². The number of hydrogen-bond acceptors (Lipinski definition) is 4. The number of fused-ring (bicyclic) bond motifs is 1. The van der Waals surface area contributed by atoms with E-state index in [1.54, 1.807) is 0 Å². The Bertz CT molecular complexity index is 874. The van der Waals surface area contributed by atoms with Crippen molar-refractivity contribution in [2.45, 2.75) is 38.0 Å². The smallest absolute Gasteiger partial charge is 0.290 e. The fourth-order valence-electron chi connectivity index (χ4n) is 4.73. The van der Waals surface area contributed by atoms with Crippen LogP contribution in [0.2, 0.25) is 0 Å². The van der Waals surface area contributed by atoms with Crippen molar-refractivity contribution in [3.63, 3.8) is 0 Å². The lowest BCUT2D eigenvalue weighted by Gasteiger charge is -2.47. The first-order chi connectivity index (χ1) is 13.2. The zero-order valence-corrected chi connectivity index (χ0v) is 15.8. The number of nitriles is 1. The van der Waals surface area contributed by atoms with Gasteiger partial charge in [0.15, 0.2) is 0 Å². The molecule has 2 aromatic rings. The average Bonchev–Trinajstić information content (AvgIpc) is 3.03. The van der Waals surface area contributed by atoms with E-state index in [2.05, 4.69) is 30.3 Å². The molecule has 0 spiro atoms. The summed E-state index contributed by atoms with van der Waals surface area (Å²) >= 11 is 0. The van der Waals surface area contributed by atoms with E-state index in [0.717, 1.165) is 23.3 Å². The van der Waals surface area contributed by atoms with Crippen LogP contribution in [0.1, 0.15) is 43.2 Å². The lowest BCUT2D eigenvalue weighted by molar-refractivity contribution is -0.247. The summed E-state index contributed by atoms with van der Waals surface area (Å²) in [5.74, 6) is -1.43. The summed E-state index contributed by atoms with van der Waals surface area (Å²) in [5.41, 5.74) is 2.25. The van der Waals surface area contributed by atoms with Gasteiger partial charge in [0.1, 0.15) is 5.41 Å². The molecule has 2 aliphatic rings. The Hall–Kier alpha value is -2.48. The minimum absolute atomic E-state index is 0.0551. The van der Waals surface area contributed by atoms with Crippen LogP contribution in [0.5, 0.6) is 0 Å². The maximum absolute atomic E-state index is 10.6. The number of hydrogen-bond donors (Lipinski definition) is 0. The zero-order chi connectivity index (χ0) is 18.9. The van der Waals surface area contributed by atoms with Crippen LogP contribution < -0.4 is 0 Å². The van der Waals surface area contributed by atoms with E-state index in [-0.39, 0.29) is 11.8 Å². The van der Waals surface area contributed by atoms with Gasteiger partial charge >= 0.3 is 0 Å². The number of nitrogens with zero attached hydrogens (tertiary/aromatic N) is 2. The molecule has 4 rings (SSSR count). The van der Waals surface area contributed by atoms with Crippen LogP contribution in [0.15, 0.2) is 65.7 Å². The molecule has 0 aliphatic carbocycles. The maximum atomic E-state index is 10.6. The Morgan fingerprint density at radius 1 is 1.07 bits per heavy atom. The second-order valence-electron chi connectivity index (χ2n) is 7.28. The lowest BCUT2D eigenvalue weighted by Crippen LogP contribution is -2.54. The lowest BCUT2D eigenvalue weighted by atomic mass is 9.59. The molecule has 0 aromatic heterocycles. The number of aliphatic imine (C=N–C) groups is 1. The van der Waals surface area contributed by atoms with E-state index in [1.165, 1.54) is 0 Å². The molecule has 0 amide bonds. The molecule has 0 bridgehead atoms. The van der Waals surface area contributed by atoms with Crippen molar-refractivity contribution in [1.82, 2.24) is 0 Å². The van der Waals surface area contributed by atoms with Crippen molar-refractivity contribution in [2.75, 3.05) is 13.2 Å². The zero-order valence-electron chi connectivity index (χ0n) is 15.8. The van der Waals surface area contributed by atoms with Crippen molar-refractivity contribution in [2.24, 2.45) is 10.4 Å². The van der Waals surface area contributed by atoms with Crippen LogP contribution in [0.4, 0.5) is 0 Å². The van der Waals surface area contributed by atoms with Crippen LogP contribution in [0.3, 0.4) is 0 Å². The van der Waals surface area contributed by atoms with Gasteiger partial charge in [0.2, 0.25) is 0 Å². The SMILES string of the molecule is CCOC12N=C(C)CC(c3ccccc3)C1(C#N)C(c1ccccc1)CO2. The highest BCUT2D eigenvalue weighted by molar-refractivity contribution is 5.84. The number of benzene rings is 2. The van der Waals surface area contributed by atoms with E-state index in [9.17, 15) is 5.26 Å². The Kier molecular flexibility index (Phi) is 4.59. The minimum Gasteiger partial charge on any atom is -0.330 e. The summed E-state index contributed by atoms with van der Waals surface area (Å²) in [6, 6.07) is 23.1. The van der Waals surface area contributed by atoms with Gasteiger partial charge in [-0.3, -0.25) is 0 Å². The summed E-state index contributed by atoms with van der Waals surface area (Å²) in [6.07, 6.45) is 0.721. The van der Waals surface area contributed by atoms with Gasteiger partial charge < -0.3 is 9.47 Å². The molecule has 2 aliphatic heterocycles. The molecule has 0 radical (unpaired) electrons. The third kappa shape index (κ3) is 2.62. The van der Waals surface area contributed by atoms with E-state index in [4.69, 9.17) is 14.5 Å². The van der Waals surface area contributed by atoms with Gasteiger partial charge in [0, 0.05) is 24.2 Å². The summed E-state index contributed by atoms with van der Waals surface area (Å²) in [4.78, 5) is 4.81. The summed E-state index contributed by atoms with van der Waals surface area (Å²) < 4.78 is 12.4. The molecule has 0 N–H and O–H groups in total. The van der Waals surface area contributed by atoms with E-state index in [0.29, 0.717) is 13.2 Å². The van der Waals surface area contributed by atoms with Gasteiger partial charge in [-0.25, -0.2) is 4.99 Å². The molecule has 4 nitrogen and oxygen atoms in total. The van der Waals surface area contributed by atoms with Crippen LogP contribution >= 0.6 is 0 Å². The largest absolute Gasteiger partial charge is 0.330 e.